The van der Waals surface area contributed by atoms with Gasteiger partial charge < -0.3 is 4.90 Å². The fourth-order valence-electron chi connectivity index (χ4n) is 3.14. The summed E-state index contributed by atoms with van der Waals surface area (Å²) in [7, 11) is 0. The molecule has 3 heteroatoms. The lowest BCUT2D eigenvalue weighted by Gasteiger charge is -2.32. The standard InChI is InChI=1S/C18H15ClN2/c19-15-8-3-7-14-17(10-11-20-18(14)15)21-12-4-6-13-5-1-2-9-16(13)21/h1-3,5,7-11H,4,6,12H2. The second-order valence-electron chi connectivity index (χ2n) is 5.35. The highest BCUT2D eigenvalue weighted by Crippen LogP contribution is 2.37. The Morgan fingerprint density at radius 2 is 1.86 bits per heavy atom. The summed E-state index contributed by atoms with van der Waals surface area (Å²) in [5, 5.41) is 1.82. The Kier molecular flexibility index (Phi) is 3.04. The number of benzene rings is 2. The van der Waals surface area contributed by atoms with Crippen molar-refractivity contribution in [3.8, 4) is 0 Å². The zero-order valence-electron chi connectivity index (χ0n) is 11.6. The number of aryl methyl sites for hydroxylation is 1. The van der Waals surface area contributed by atoms with E-state index in [2.05, 4.69) is 46.3 Å². The van der Waals surface area contributed by atoms with Crippen molar-refractivity contribution in [2.24, 2.45) is 0 Å². The second kappa shape index (κ2) is 5.05. The lowest BCUT2D eigenvalue weighted by atomic mass is 10.0. The van der Waals surface area contributed by atoms with E-state index in [-0.39, 0.29) is 0 Å². The molecule has 2 nitrogen and oxygen atoms in total. The van der Waals surface area contributed by atoms with Crippen molar-refractivity contribution in [1.29, 1.82) is 0 Å². The number of rotatable bonds is 1. The fourth-order valence-corrected chi connectivity index (χ4v) is 3.37. The summed E-state index contributed by atoms with van der Waals surface area (Å²) >= 11 is 6.29. The van der Waals surface area contributed by atoms with E-state index >= 15 is 0 Å². The summed E-state index contributed by atoms with van der Waals surface area (Å²) in [6, 6.07) is 16.7. The molecule has 0 atom stereocenters. The molecule has 2 aromatic carbocycles. The number of pyridine rings is 1. The van der Waals surface area contributed by atoms with Crippen LogP contribution < -0.4 is 4.90 Å². The van der Waals surface area contributed by atoms with Crippen molar-refractivity contribution < 1.29 is 0 Å². The molecule has 0 aliphatic carbocycles. The Bertz CT molecular complexity index is 813. The number of hydrogen-bond acceptors (Lipinski definition) is 2. The molecular weight excluding hydrogens is 280 g/mol. The molecule has 0 radical (unpaired) electrons. The Hall–Kier alpha value is -2.06. The molecule has 0 spiro atoms. The van der Waals surface area contributed by atoms with Gasteiger partial charge >= 0.3 is 0 Å². The first-order chi connectivity index (χ1) is 10.3. The maximum absolute atomic E-state index is 6.29. The number of fused-ring (bicyclic) bond motifs is 2. The molecule has 0 unspecified atom stereocenters. The van der Waals surface area contributed by atoms with Crippen LogP contribution in [0.15, 0.2) is 54.7 Å². The highest BCUT2D eigenvalue weighted by molar-refractivity contribution is 6.35. The lowest BCUT2D eigenvalue weighted by molar-refractivity contribution is 0.768. The van der Waals surface area contributed by atoms with E-state index in [1.807, 2.05) is 18.3 Å². The Balaban J connectivity index is 1.94. The molecule has 2 heterocycles. The van der Waals surface area contributed by atoms with Crippen molar-refractivity contribution >= 4 is 33.9 Å². The van der Waals surface area contributed by atoms with E-state index in [0.717, 1.165) is 23.9 Å². The van der Waals surface area contributed by atoms with E-state index in [4.69, 9.17) is 11.6 Å². The summed E-state index contributed by atoms with van der Waals surface area (Å²) in [5.41, 5.74) is 4.78. The topological polar surface area (TPSA) is 16.1 Å². The van der Waals surface area contributed by atoms with Crippen LogP contribution in [0, 0.1) is 0 Å². The smallest absolute Gasteiger partial charge is 0.0909 e. The van der Waals surface area contributed by atoms with Crippen molar-refractivity contribution in [2.75, 3.05) is 11.4 Å². The quantitative estimate of drug-likeness (QED) is 0.630. The van der Waals surface area contributed by atoms with Crippen molar-refractivity contribution in [3.05, 3.63) is 65.3 Å². The number of para-hydroxylation sites is 2. The third-order valence-electron chi connectivity index (χ3n) is 4.10. The summed E-state index contributed by atoms with van der Waals surface area (Å²) in [5.74, 6) is 0. The van der Waals surface area contributed by atoms with Gasteiger partial charge in [-0.25, -0.2) is 0 Å². The monoisotopic (exact) mass is 294 g/mol. The summed E-state index contributed by atoms with van der Waals surface area (Å²) < 4.78 is 0. The molecule has 0 saturated heterocycles. The van der Waals surface area contributed by atoms with Gasteiger partial charge in [0.15, 0.2) is 0 Å². The minimum absolute atomic E-state index is 0.708. The third-order valence-corrected chi connectivity index (χ3v) is 4.40. The van der Waals surface area contributed by atoms with Crippen LogP contribution in [-0.4, -0.2) is 11.5 Å². The van der Waals surface area contributed by atoms with E-state index in [0.29, 0.717) is 5.02 Å². The molecule has 0 amide bonds. The van der Waals surface area contributed by atoms with E-state index < -0.39 is 0 Å². The summed E-state index contributed by atoms with van der Waals surface area (Å²) in [4.78, 5) is 6.82. The van der Waals surface area contributed by atoms with Crippen molar-refractivity contribution in [2.45, 2.75) is 12.8 Å². The SMILES string of the molecule is Clc1cccc2c(N3CCCc4ccccc43)ccnc12. The van der Waals surface area contributed by atoms with Gasteiger partial charge in [0, 0.05) is 23.8 Å². The Labute approximate surface area is 129 Å². The minimum Gasteiger partial charge on any atom is -0.341 e. The number of aromatic nitrogens is 1. The number of hydrogen-bond donors (Lipinski definition) is 0. The van der Waals surface area contributed by atoms with Crippen molar-refractivity contribution in [1.82, 2.24) is 4.98 Å². The normalized spacial score (nSPS) is 14.2. The van der Waals surface area contributed by atoms with Crippen LogP contribution in [0.4, 0.5) is 11.4 Å². The molecule has 1 aromatic heterocycles. The maximum atomic E-state index is 6.29. The van der Waals surface area contributed by atoms with E-state index in [1.54, 1.807) is 0 Å². The van der Waals surface area contributed by atoms with Crippen molar-refractivity contribution in [3.63, 3.8) is 0 Å². The van der Waals surface area contributed by atoms with Crippen LogP contribution in [0.1, 0.15) is 12.0 Å². The summed E-state index contributed by atoms with van der Waals surface area (Å²) in [6.07, 6.45) is 4.17. The second-order valence-corrected chi connectivity index (χ2v) is 5.76. The van der Waals surface area contributed by atoms with Gasteiger partial charge in [-0.05, 0) is 36.6 Å². The predicted molar refractivity (Wildman–Crippen MR) is 88.5 cm³/mol. The van der Waals surface area contributed by atoms with Crippen LogP contribution in [-0.2, 0) is 6.42 Å². The molecule has 0 fully saturated rings. The Morgan fingerprint density at radius 3 is 2.81 bits per heavy atom. The van der Waals surface area contributed by atoms with Crippen LogP contribution in [0.2, 0.25) is 5.02 Å². The molecule has 0 saturated carbocycles. The van der Waals surface area contributed by atoms with Gasteiger partial charge in [-0.2, -0.15) is 0 Å². The van der Waals surface area contributed by atoms with Gasteiger partial charge in [-0.15, -0.1) is 0 Å². The number of halogens is 1. The molecule has 104 valence electrons. The first-order valence-corrected chi connectivity index (χ1v) is 7.61. The molecule has 1 aliphatic heterocycles. The Morgan fingerprint density at radius 1 is 0.952 bits per heavy atom. The van der Waals surface area contributed by atoms with Crippen LogP contribution >= 0.6 is 11.6 Å². The number of nitrogens with zero attached hydrogens (tertiary/aromatic N) is 2. The molecule has 0 bridgehead atoms. The minimum atomic E-state index is 0.708. The first kappa shape index (κ1) is 12.7. The highest BCUT2D eigenvalue weighted by atomic mass is 35.5. The predicted octanol–water partition coefficient (Wildman–Crippen LogP) is 4.97. The zero-order valence-corrected chi connectivity index (χ0v) is 12.3. The molecule has 3 aromatic rings. The zero-order chi connectivity index (χ0) is 14.2. The molecule has 0 N–H and O–H groups in total. The van der Waals surface area contributed by atoms with Gasteiger partial charge in [0.2, 0.25) is 0 Å². The van der Waals surface area contributed by atoms with E-state index in [9.17, 15) is 0 Å². The average Bonchev–Trinajstić information content (AvgIpc) is 2.54. The van der Waals surface area contributed by atoms with Crippen LogP contribution in [0.25, 0.3) is 10.9 Å². The van der Waals surface area contributed by atoms with Gasteiger partial charge in [-0.3, -0.25) is 4.98 Å². The highest BCUT2D eigenvalue weighted by Gasteiger charge is 2.19. The molecule has 4 rings (SSSR count). The molecular formula is C18H15ClN2. The first-order valence-electron chi connectivity index (χ1n) is 7.23. The average molecular weight is 295 g/mol. The fraction of sp³-hybridized carbons (Fsp3) is 0.167. The summed E-state index contributed by atoms with van der Waals surface area (Å²) in [6.45, 7) is 1.03. The van der Waals surface area contributed by atoms with Gasteiger partial charge in [-0.1, -0.05) is 41.9 Å². The molecule has 1 aliphatic rings. The maximum Gasteiger partial charge on any atom is 0.0909 e. The largest absolute Gasteiger partial charge is 0.341 e. The van der Waals surface area contributed by atoms with Gasteiger partial charge in [0.05, 0.1) is 16.2 Å². The van der Waals surface area contributed by atoms with Gasteiger partial charge in [0.25, 0.3) is 0 Å². The van der Waals surface area contributed by atoms with Gasteiger partial charge in [0.1, 0.15) is 0 Å². The lowest BCUT2D eigenvalue weighted by Crippen LogP contribution is -2.24. The van der Waals surface area contributed by atoms with E-state index in [1.165, 1.54) is 23.4 Å². The number of anilines is 2. The third kappa shape index (κ3) is 2.07. The van der Waals surface area contributed by atoms with Crippen LogP contribution in [0.3, 0.4) is 0 Å². The van der Waals surface area contributed by atoms with Crippen LogP contribution in [0.5, 0.6) is 0 Å². The molecule has 21 heavy (non-hydrogen) atoms.